The minimum absolute atomic E-state index is 0.0315. The van der Waals surface area contributed by atoms with E-state index < -0.39 is 38.4 Å². The summed E-state index contributed by atoms with van der Waals surface area (Å²) in [5.74, 6) is 0. The molecule has 0 spiro atoms. The van der Waals surface area contributed by atoms with Crippen LogP contribution in [0.4, 0.5) is 26.3 Å². The van der Waals surface area contributed by atoms with Gasteiger partial charge in [0.15, 0.2) is 0 Å². The molecule has 2 heterocycles. The summed E-state index contributed by atoms with van der Waals surface area (Å²) in [6, 6.07) is 4.12. The van der Waals surface area contributed by atoms with E-state index in [9.17, 15) is 34.8 Å². The number of benzene rings is 1. The SMILES string of the molecule is O=S(=O)(c1cc(C(F)(F)F)cc(C(F)(F)F)c1)N1CCN(CCc2ccncc2)CC1. The molecule has 0 unspecified atom stereocenters. The van der Waals surface area contributed by atoms with E-state index in [1.165, 1.54) is 0 Å². The van der Waals surface area contributed by atoms with Crippen molar-refractivity contribution in [3.8, 4) is 0 Å². The molecule has 0 N–H and O–H groups in total. The lowest BCUT2D eigenvalue weighted by molar-refractivity contribution is -0.143. The Morgan fingerprint density at radius 1 is 0.839 bits per heavy atom. The molecule has 1 aliphatic rings. The van der Waals surface area contributed by atoms with Gasteiger partial charge in [-0.2, -0.15) is 30.6 Å². The van der Waals surface area contributed by atoms with Crippen LogP contribution in [0.5, 0.6) is 0 Å². The van der Waals surface area contributed by atoms with E-state index in [1.54, 1.807) is 12.4 Å². The first-order valence-electron chi connectivity index (χ1n) is 9.28. The van der Waals surface area contributed by atoms with E-state index in [2.05, 4.69) is 4.98 Å². The van der Waals surface area contributed by atoms with E-state index in [1.807, 2.05) is 17.0 Å². The second-order valence-electron chi connectivity index (χ2n) is 7.09. The van der Waals surface area contributed by atoms with Crippen LogP contribution >= 0.6 is 0 Å². The van der Waals surface area contributed by atoms with Gasteiger partial charge in [0.1, 0.15) is 0 Å². The van der Waals surface area contributed by atoms with Gasteiger partial charge in [0.05, 0.1) is 16.0 Å². The largest absolute Gasteiger partial charge is 0.416 e. The van der Waals surface area contributed by atoms with Gasteiger partial charge >= 0.3 is 12.4 Å². The Hall–Kier alpha value is -2.18. The Labute approximate surface area is 175 Å². The summed E-state index contributed by atoms with van der Waals surface area (Å²) in [4.78, 5) is 4.89. The van der Waals surface area contributed by atoms with Gasteiger partial charge in [0.2, 0.25) is 10.0 Å². The van der Waals surface area contributed by atoms with Gasteiger partial charge in [-0.1, -0.05) is 0 Å². The fraction of sp³-hybridized carbons (Fsp3) is 0.421. The normalized spacial score (nSPS) is 17.1. The Balaban J connectivity index is 1.75. The lowest BCUT2D eigenvalue weighted by Gasteiger charge is -2.34. The molecule has 1 fully saturated rings. The first-order valence-corrected chi connectivity index (χ1v) is 10.7. The molecule has 1 saturated heterocycles. The van der Waals surface area contributed by atoms with E-state index in [4.69, 9.17) is 0 Å². The van der Waals surface area contributed by atoms with Crippen molar-refractivity contribution in [2.24, 2.45) is 0 Å². The fourth-order valence-corrected chi connectivity index (χ4v) is 4.75. The third-order valence-corrected chi connectivity index (χ3v) is 6.87. The van der Waals surface area contributed by atoms with Crippen LogP contribution in [0, 0.1) is 0 Å². The Morgan fingerprint density at radius 2 is 1.35 bits per heavy atom. The first kappa shape index (κ1) is 23.5. The molecule has 0 bridgehead atoms. The summed E-state index contributed by atoms with van der Waals surface area (Å²) >= 11 is 0. The predicted octanol–water partition coefficient (Wildman–Crippen LogP) is 3.67. The maximum atomic E-state index is 13.1. The van der Waals surface area contributed by atoms with Gasteiger partial charge in [0.25, 0.3) is 0 Å². The topological polar surface area (TPSA) is 53.5 Å². The molecule has 170 valence electrons. The van der Waals surface area contributed by atoms with Crippen LogP contribution in [0.25, 0.3) is 0 Å². The molecule has 1 aromatic carbocycles. The Morgan fingerprint density at radius 3 is 1.84 bits per heavy atom. The molecule has 0 saturated carbocycles. The van der Waals surface area contributed by atoms with Crippen LogP contribution in [0.2, 0.25) is 0 Å². The first-order chi connectivity index (χ1) is 14.4. The highest BCUT2D eigenvalue weighted by molar-refractivity contribution is 7.89. The Bertz CT molecular complexity index is 969. The van der Waals surface area contributed by atoms with Crippen molar-refractivity contribution >= 4 is 10.0 Å². The van der Waals surface area contributed by atoms with Crippen molar-refractivity contribution in [3.63, 3.8) is 0 Å². The molecule has 12 heteroatoms. The highest BCUT2D eigenvalue weighted by Crippen LogP contribution is 2.37. The van der Waals surface area contributed by atoms with Crippen molar-refractivity contribution in [1.29, 1.82) is 0 Å². The van der Waals surface area contributed by atoms with E-state index in [0.717, 1.165) is 9.87 Å². The summed E-state index contributed by atoms with van der Waals surface area (Å²) in [6.45, 7) is 1.21. The van der Waals surface area contributed by atoms with Crippen molar-refractivity contribution in [2.45, 2.75) is 23.7 Å². The van der Waals surface area contributed by atoms with Crippen LogP contribution in [-0.4, -0.2) is 55.3 Å². The van der Waals surface area contributed by atoms with Crippen molar-refractivity contribution in [3.05, 3.63) is 59.4 Å². The summed E-state index contributed by atoms with van der Waals surface area (Å²) in [6.07, 6.45) is -6.21. The third-order valence-electron chi connectivity index (χ3n) is 5.00. The van der Waals surface area contributed by atoms with E-state index >= 15 is 0 Å². The monoisotopic (exact) mass is 467 g/mol. The van der Waals surface area contributed by atoms with Crippen molar-refractivity contribution in [1.82, 2.24) is 14.2 Å². The molecule has 0 radical (unpaired) electrons. The average Bonchev–Trinajstić information content (AvgIpc) is 2.72. The molecule has 0 amide bonds. The van der Waals surface area contributed by atoms with Crippen LogP contribution in [0.3, 0.4) is 0 Å². The molecule has 0 aliphatic carbocycles. The quantitative estimate of drug-likeness (QED) is 0.630. The zero-order valence-corrected chi connectivity index (χ0v) is 16.9. The molecule has 0 atom stereocenters. The highest BCUT2D eigenvalue weighted by Gasteiger charge is 2.39. The number of pyridine rings is 1. The molecule has 1 aromatic heterocycles. The minimum Gasteiger partial charge on any atom is -0.300 e. The van der Waals surface area contributed by atoms with Gasteiger partial charge in [-0.3, -0.25) is 4.98 Å². The highest BCUT2D eigenvalue weighted by atomic mass is 32.2. The van der Waals surface area contributed by atoms with Gasteiger partial charge < -0.3 is 4.90 Å². The van der Waals surface area contributed by atoms with Gasteiger partial charge in [-0.25, -0.2) is 8.42 Å². The van der Waals surface area contributed by atoms with Gasteiger partial charge in [-0.05, 0) is 42.3 Å². The number of piperazine rings is 1. The number of halogens is 6. The summed E-state index contributed by atoms with van der Waals surface area (Å²) < 4.78 is 105. The maximum Gasteiger partial charge on any atom is 0.416 e. The number of hydrogen-bond donors (Lipinski definition) is 0. The van der Waals surface area contributed by atoms with Crippen LogP contribution in [0.1, 0.15) is 16.7 Å². The van der Waals surface area contributed by atoms with E-state index in [-0.39, 0.29) is 31.3 Å². The minimum atomic E-state index is -5.11. The predicted molar refractivity (Wildman–Crippen MR) is 99.6 cm³/mol. The molecule has 3 rings (SSSR count). The fourth-order valence-electron chi connectivity index (χ4n) is 3.25. The smallest absolute Gasteiger partial charge is 0.300 e. The van der Waals surface area contributed by atoms with Crippen molar-refractivity contribution in [2.75, 3.05) is 32.7 Å². The number of rotatable bonds is 5. The van der Waals surface area contributed by atoms with Gasteiger partial charge in [0, 0.05) is 45.1 Å². The number of alkyl halides is 6. The lowest BCUT2D eigenvalue weighted by atomic mass is 10.1. The average molecular weight is 467 g/mol. The maximum absolute atomic E-state index is 13.1. The molecular weight excluding hydrogens is 448 g/mol. The summed E-state index contributed by atoms with van der Waals surface area (Å²) in [5, 5.41) is 0. The molecular formula is C19H19F6N3O2S. The number of nitrogens with zero attached hydrogens (tertiary/aromatic N) is 3. The number of sulfonamides is 1. The lowest BCUT2D eigenvalue weighted by Crippen LogP contribution is -2.49. The van der Waals surface area contributed by atoms with Crippen molar-refractivity contribution < 1.29 is 34.8 Å². The molecule has 5 nitrogen and oxygen atoms in total. The zero-order chi connectivity index (χ0) is 22.9. The number of aromatic nitrogens is 1. The number of hydrogen-bond acceptors (Lipinski definition) is 4. The van der Waals surface area contributed by atoms with Crippen LogP contribution < -0.4 is 0 Å². The molecule has 1 aliphatic heterocycles. The second kappa shape index (κ2) is 8.75. The van der Waals surface area contributed by atoms with E-state index in [0.29, 0.717) is 26.1 Å². The Kier molecular flexibility index (Phi) is 6.63. The van der Waals surface area contributed by atoms with Crippen LogP contribution in [-0.2, 0) is 28.8 Å². The van der Waals surface area contributed by atoms with Gasteiger partial charge in [-0.15, -0.1) is 0 Å². The summed E-state index contributed by atoms with van der Waals surface area (Å²) in [5.41, 5.74) is -2.26. The van der Waals surface area contributed by atoms with Crippen LogP contribution in [0.15, 0.2) is 47.6 Å². The standard InChI is InChI=1S/C19H19F6N3O2S/c20-18(21,22)15-11-16(19(23,24)25)13-17(12-15)31(29,30)28-9-7-27(8-10-28)6-3-14-1-4-26-5-2-14/h1-2,4-5,11-13H,3,6-10H2. The third kappa shape index (κ3) is 5.74. The summed E-state index contributed by atoms with van der Waals surface area (Å²) in [7, 11) is -4.52. The zero-order valence-electron chi connectivity index (χ0n) is 16.1. The molecule has 2 aromatic rings. The second-order valence-corrected chi connectivity index (χ2v) is 9.03. The molecule has 31 heavy (non-hydrogen) atoms.